The summed E-state index contributed by atoms with van der Waals surface area (Å²) in [6, 6.07) is 0. The van der Waals surface area contributed by atoms with Crippen molar-refractivity contribution in [2.45, 2.75) is 0 Å². The van der Waals surface area contributed by atoms with Crippen molar-refractivity contribution < 1.29 is 18.3 Å². The van der Waals surface area contributed by atoms with Gasteiger partial charge >= 0.3 is 16.2 Å². The number of nitrogen functional groups attached to an aromatic ring is 1. The Labute approximate surface area is 79.5 Å². The highest BCUT2D eigenvalue weighted by Gasteiger charge is 2.18. The number of carboxylic acids is 1. The smallest absolute Gasteiger partial charge is 0.358 e. The van der Waals surface area contributed by atoms with Crippen molar-refractivity contribution in [1.29, 1.82) is 0 Å². The quantitative estimate of drug-likeness (QED) is 0.567. The van der Waals surface area contributed by atoms with E-state index in [1.807, 2.05) is 4.72 Å². The van der Waals surface area contributed by atoms with E-state index in [9.17, 15) is 13.2 Å². The lowest BCUT2D eigenvalue weighted by molar-refractivity contribution is 0.0691. The molecule has 0 aliphatic rings. The van der Waals surface area contributed by atoms with E-state index in [0.29, 0.717) is 4.09 Å². The van der Waals surface area contributed by atoms with Crippen LogP contribution in [0.2, 0.25) is 0 Å². The van der Waals surface area contributed by atoms with Crippen LogP contribution in [0.5, 0.6) is 0 Å². The number of rotatable bonds is 3. The summed E-state index contributed by atoms with van der Waals surface area (Å²) in [7, 11) is -2.65. The van der Waals surface area contributed by atoms with Crippen LogP contribution in [0.4, 0.5) is 5.69 Å². The zero-order valence-corrected chi connectivity index (χ0v) is 7.95. The van der Waals surface area contributed by atoms with Crippen molar-refractivity contribution in [3.8, 4) is 0 Å². The molecule has 0 saturated heterocycles. The van der Waals surface area contributed by atoms with E-state index in [0.717, 1.165) is 6.20 Å². The summed E-state index contributed by atoms with van der Waals surface area (Å²) < 4.78 is 24.7. The van der Waals surface area contributed by atoms with Gasteiger partial charge < -0.3 is 10.8 Å². The number of hydrogen-bond acceptors (Lipinski definition) is 5. The normalized spacial score (nSPS) is 11.5. The van der Waals surface area contributed by atoms with Crippen LogP contribution < -0.4 is 10.5 Å². The zero-order valence-electron chi connectivity index (χ0n) is 7.13. The van der Waals surface area contributed by atoms with Gasteiger partial charge in [-0.25, -0.2) is 4.79 Å². The summed E-state index contributed by atoms with van der Waals surface area (Å²) in [5, 5.41) is 11.8. The van der Waals surface area contributed by atoms with Crippen LogP contribution in [0, 0.1) is 0 Å². The first-order valence-electron chi connectivity index (χ1n) is 3.41. The highest BCUT2D eigenvalue weighted by Crippen LogP contribution is 2.09. The molecule has 0 unspecified atom stereocenters. The van der Waals surface area contributed by atoms with Crippen LogP contribution in [0.1, 0.15) is 10.5 Å². The standard InChI is InChI=1S/C5H8N4O4S/c1-7-14(12,13)9-2-3(6)4(8-9)5(10)11/h2,7H,6H2,1H3,(H,10,11). The number of hydrogen-bond donors (Lipinski definition) is 3. The molecule has 4 N–H and O–H groups in total. The van der Waals surface area contributed by atoms with Gasteiger partial charge in [0.1, 0.15) is 0 Å². The number of anilines is 1. The molecule has 0 aromatic carbocycles. The van der Waals surface area contributed by atoms with Crippen molar-refractivity contribution in [2.24, 2.45) is 0 Å². The van der Waals surface area contributed by atoms with Gasteiger partial charge in [-0.3, -0.25) is 0 Å². The Morgan fingerprint density at radius 2 is 2.29 bits per heavy atom. The third-order valence-electron chi connectivity index (χ3n) is 1.43. The lowest BCUT2D eigenvalue weighted by atomic mass is 10.4. The molecular formula is C5H8N4O4S. The van der Waals surface area contributed by atoms with E-state index < -0.39 is 21.9 Å². The lowest BCUT2D eigenvalue weighted by Crippen LogP contribution is -2.27. The molecule has 1 aromatic heterocycles. The van der Waals surface area contributed by atoms with Gasteiger partial charge in [0.15, 0.2) is 5.69 Å². The minimum absolute atomic E-state index is 0.212. The summed E-state index contributed by atoms with van der Waals surface area (Å²) in [4.78, 5) is 10.5. The van der Waals surface area contributed by atoms with Crippen molar-refractivity contribution in [2.75, 3.05) is 12.8 Å². The molecule has 0 spiro atoms. The highest BCUT2D eigenvalue weighted by molar-refractivity contribution is 7.87. The Morgan fingerprint density at radius 3 is 2.64 bits per heavy atom. The van der Waals surface area contributed by atoms with Crippen LogP contribution >= 0.6 is 0 Å². The van der Waals surface area contributed by atoms with Crippen LogP contribution in [-0.2, 0) is 10.2 Å². The average molecular weight is 220 g/mol. The molecule has 78 valence electrons. The van der Waals surface area contributed by atoms with E-state index in [2.05, 4.69) is 5.10 Å². The predicted octanol–water partition coefficient (Wildman–Crippen LogP) is -1.52. The number of nitrogens with one attached hydrogen (secondary N) is 1. The van der Waals surface area contributed by atoms with Gasteiger partial charge in [-0.2, -0.15) is 13.1 Å². The largest absolute Gasteiger partial charge is 0.476 e. The van der Waals surface area contributed by atoms with Gasteiger partial charge in [-0.1, -0.05) is 0 Å². The van der Waals surface area contributed by atoms with Gasteiger partial charge in [0.25, 0.3) is 0 Å². The maximum Gasteiger partial charge on any atom is 0.358 e. The number of nitrogens with two attached hydrogens (primary N) is 1. The Bertz CT molecular complexity index is 462. The van der Waals surface area contributed by atoms with Gasteiger partial charge in [-0.15, -0.1) is 9.19 Å². The summed E-state index contributed by atoms with van der Waals surface area (Å²) in [5.74, 6) is -1.38. The first kappa shape index (κ1) is 10.5. The molecular weight excluding hydrogens is 212 g/mol. The minimum atomic E-state index is -3.82. The molecule has 0 radical (unpaired) electrons. The third-order valence-corrected chi connectivity index (χ3v) is 2.62. The topological polar surface area (TPSA) is 127 Å². The number of carboxylic acid groups (broad SMARTS) is 1. The average Bonchev–Trinajstić information content (AvgIpc) is 2.48. The fourth-order valence-corrected chi connectivity index (χ4v) is 1.38. The molecule has 0 aliphatic heterocycles. The van der Waals surface area contributed by atoms with Crippen LogP contribution in [0.15, 0.2) is 6.20 Å². The van der Waals surface area contributed by atoms with Crippen molar-refractivity contribution in [1.82, 2.24) is 13.9 Å². The molecule has 0 saturated carbocycles. The van der Waals surface area contributed by atoms with E-state index in [4.69, 9.17) is 10.8 Å². The molecule has 0 fully saturated rings. The van der Waals surface area contributed by atoms with Gasteiger partial charge in [0, 0.05) is 7.05 Å². The first-order chi connectivity index (χ1) is 6.38. The van der Waals surface area contributed by atoms with E-state index in [1.54, 1.807) is 0 Å². The summed E-state index contributed by atoms with van der Waals surface area (Å²) >= 11 is 0. The van der Waals surface area contributed by atoms with Crippen LogP contribution in [-0.4, -0.2) is 35.7 Å². The molecule has 1 aromatic rings. The number of aromatic carboxylic acids is 1. The fourth-order valence-electron chi connectivity index (χ4n) is 0.748. The second-order valence-corrected chi connectivity index (χ2v) is 4.05. The second-order valence-electron chi connectivity index (χ2n) is 2.32. The SMILES string of the molecule is CNS(=O)(=O)n1cc(N)c(C(=O)O)n1. The van der Waals surface area contributed by atoms with E-state index >= 15 is 0 Å². The molecule has 1 rings (SSSR count). The number of carbonyl (C=O) groups is 1. The highest BCUT2D eigenvalue weighted by atomic mass is 32.2. The molecule has 8 nitrogen and oxygen atoms in total. The third kappa shape index (κ3) is 1.67. The molecule has 9 heteroatoms. The first-order valence-corrected chi connectivity index (χ1v) is 4.85. The summed E-state index contributed by atoms with van der Waals surface area (Å²) in [5.41, 5.74) is 4.53. The van der Waals surface area contributed by atoms with Crippen LogP contribution in [0.25, 0.3) is 0 Å². The molecule has 0 amide bonds. The fraction of sp³-hybridized carbons (Fsp3) is 0.200. The Morgan fingerprint density at radius 1 is 1.71 bits per heavy atom. The molecule has 0 aliphatic carbocycles. The Kier molecular flexibility index (Phi) is 2.45. The van der Waals surface area contributed by atoms with E-state index in [1.165, 1.54) is 7.05 Å². The predicted molar refractivity (Wildman–Crippen MR) is 47.0 cm³/mol. The monoisotopic (exact) mass is 220 g/mol. The van der Waals surface area contributed by atoms with Crippen LogP contribution in [0.3, 0.4) is 0 Å². The van der Waals surface area contributed by atoms with Gasteiger partial charge in [-0.05, 0) is 0 Å². The Balaban J connectivity index is 3.29. The lowest BCUT2D eigenvalue weighted by Gasteiger charge is -1.99. The molecule has 0 atom stereocenters. The van der Waals surface area contributed by atoms with Gasteiger partial charge in [0.2, 0.25) is 0 Å². The van der Waals surface area contributed by atoms with Crippen molar-refractivity contribution in [3.05, 3.63) is 11.9 Å². The zero-order chi connectivity index (χ0) is 10.9. The minimum Gasteiger partial charge on any atom is -0.476 e. The van der Waals surface area contributed by atoms with E-state index in [-0.39, 0.29) is 5.69 Å². The molecule has 0 bridgehead atoms. The molecule has 1 heterocycles. The second kappa shape index (κ2) is 3.27. The van der Waals surface area contributed by atoms with Crippen molar-refractivity contribution in [3.63, 3.8) is 0 Å². The summed E-state index contributed by atoms with van der Waals surface area (Å²) in [6.45, 7) is 0. The number of aromatic nitrogens is 2. The summed E-state index contributed by atoms with van der Waals surface area (Å²) in [6.07, 6.45) is 0.912. The number of nitrogens with zero attached hydrogens (tertiary/aromatic N) is 2. The van der Waals surface area contributed by atoms with Gasteiger partial charge in [0.05, 0.1) is 11.9 Å². The maximum absolute atomic E-state index is 11.1. The van der Waals surface area contributed by atoms with Crippen molar-refractivity contribution >= 4 is 21.9 Å². The maximum atomic E-state index is 11.1. The molecule has 14 heavy (non-hydrogen) atoms. The Hall–Kier alpha value is -1.61.